The van der Waals surface area contributed by atoms with Crippen molar-refractivity contribution in [2.75, 3.05) is 0 Å². The summed E-state index contributed by atoms with van der Waals surface area (Å²) in [6.45, 7) is 5.45. The molecular formula is C14H12NO2S+. The van der Waals surface area contributed by atoms with E-state index in [9.17, 15) is 0 Å². The van der Waals surface area contributed by atoms with Crippen LogP contribution in [0, 0.1) is 6.92 Å². The molecule has 0 N–H and O–H groups in total. The molecule has 1 heterocycles. The third-order valence-electron chi connectivity index (χ3n) is 2.80. The van der Waals surface area contributed by atoms with Crippen molar-refractivity contribution in [3.05, 3.63) is 54.2 Å². The van der Waals surface area contributed by atoms with Crippen LogP contribution in [0.3, 0.4) is 0 Å². The monoisotopic (exact) mass is 258 g/mol. The minimum absolute atomic E-state index is 0.998. The van der Waals surface area contributed by atoms with Crippen LogP contribution < -0.4 is 9.72 Å². The lowest BCUT2D eigenvalue weighted by Crippen LogP contribution is -2.42. The number of fused-ring (bicyclic) bond motifs is 3. The Kier molecular flexibility index (Phi) is 2.64. The minimum atomic E-state index is 0.998. The zero-order chi connectivity index (χ0) is 12.5. The smallest absolute Gasteiger partial charge is 0.243 e. The van der Waals surface area contributed by atoms with Crippen molar-refractivity contribution in [1.82, 2.24) is 0 Å². The first-order valence-corrected chi connectivity index (χ1v) is 6.40. The van der Waals surface area contributed by atoms with E-state index in [4.69, 9.17) is 9.88 Å². The summed E-state index contributed by atoms with van der Waals surface area (Å²) in [5.74, 6) is 0. The van der Waals surface area contributed by atoms with Gasteiger partial charge in [-0.1, -0.05) is 42.2 Å². The molecule has 1 aromatic heterocycles. The van der Waals surface area contributed by atoms with Gasteiger partial charge in [0, 0.05) is 18.4 Å². The van der Waals surface area contributed by atoms with Crippen LogP contribution in [0.4, 0.5) is 0 Å². The van der Waals surface area contributed by atoms with E-state index < -0.39 is 0 Å². The molecule has 0 amide bonds. The van der Waals surface area contributed by atoms with Gasteiger partial charge in [-0.25, -0.2) is 4.89 Å². The van der Waals surface area contributed by atoms with Gasteiger partial charge in [-0.2, -0.15) is 0 Å². The third-order valence-corrected chi connectivity index (χ3v) is 3.89. The summed E-state index contributed by atoms with van der Waals surface area (Å²) in [4.78, 5) is 10.0. The lowest BCUT2D eigenvalue weighted by atomic mass is 10.1. The summed E-state index contributed by atoms with van der Waals surface area (Å²) in [6.07, 6.45) is 1.26. The largest absolute Gasteiger partial charge is 0.291 e. The lowest BCUT2D eigenvalue weighted by Gasteiger charge is -1.95. The first kappa shape index (κ1) is 11.0. The molecule has 0 aliphatic rings. The second-order valence-electron chi connectivity index (χ2n) is 3.89. The molecule has 90 valence electrons. The molecule has 0 saturated carbocycles. The molecule has 4 heteroatoms. The van der Waals surface area contributed by atoms with Gasteiger partial charge < -0.3 is 0 Å². The Balaban J connectivity index is 2.30. The molecule has 0 unspecified atom stereocenters. The van der Waals surface area contributed by atoms with E-state index in [1.165, 1.54) is 21.7 Å². The van der Waals surface area contributed by atoms with E-state index in [0.717, 1.165) is 10.5 Å². The van der Waals surface area contributed by atoms with Gasteiger partial charge >= 0.3 is 0 Å². The molecule has 18 heavy (non-hydrogen) atoms. The predicted octanol–water partition coefficient (Wildman–Crippen LogP) is 3.15. The second-order valence-corrected chi connectivity index (χ2v) is 5.09. The summed E-state index contributed by atoms with van der Waals surface area (Å²) >= 11 is 1.68. The van der Waals surface area contributed by atoms with Gasteiger partial charge in [-0.15, -0.1) is 0 Å². The third kappa shape index (κ3) is 1.62. The molecule has 0 radical (unpaired) electrons. The van der Waals surface area contributed by atoms with E-state index >= 15 is 0 Å². The molecule has 3 aromatic rings. The summed E-state index contributed by atoms with van der Waals surface area (Å²) in [6, 6.07) is 12.4. The summed E-state index contributed by atoms with van der Waals surface area (Å²) in [5, 5.41) is 3.47. The summed E-state index contributed by atoms with van der Waals surface area (Å²) in [5.41, 5.74) is 0.998. The van der Waals surface area contributed by atoms with E-state index in [-0.39, 0.29) is 0 Å². The Morgan fingerprint density at radius 3 is 2.89 bits per heavy atom. The fraction of sp³-hybridized carbons (Fsp3) is 0.0714. The number of aryl methyl sites for hydroxylation is 1. The van der Waals surface area contributed by atoms with Crippen molar-refractivity contribution in [3.63, 3.8) is 0 Å². The van der Waals surface area contributed by atoms with Gasteiger partial charge in [0.2, 0.25) is 0 Å². The number of hydrogen-bond donors (Lipinski definition) is 0. The quantitative estimate of drug-likeness (QED) is 0.312. The number of benzene rings is 2. The Bertz CT molecular complexity index is 733. The molecule has 0 bridgehead atoms. The molecule has 0 saturated heterocycles. The van der Waals surface area contributed by atoms with Crippen LogP contribution in [0.25, 0.3) is 21.0 Å². The van der Waals surface area contributed by atoms with Gasteiger partial charge in [0.25, 0.3) is 10.5 Å². The first-order valence-electron chi connectivity index (χ1n) is 5.59. The normalized spacial score (nSPS) is 10.7. The number of rotatable bonds is 3. The standard InChI is InChI=1S/C14H12NO2S/c1-3-16-17-15-10(2)18-14-12-7-5-4-6-11(12)8-9-13(14)15/h3-9H,1H2,2H3/q+1. The van der Waals surface area contributed by atoms with Gasteiger partial charge in [0.05, 0.1) is 4.73 Å². The molecule has 0 aliphatic heterocycles. The maximum absolute atomic E-state index is 5.20. The van der Waals surface area contributed by atoms with Crippen LogP contribution in [-0.4, -0.2) is 0 Å². The predicted molar refractivity (Wildman–Crippen MR) is 72.1 cm³/mol. The highest BCUT2D eigenvalue weighted by molar-refractivity contribution is 7.19. The summed E-state index contributed by atoms with van der Waals surface area (Å²) < 4.78 is 2.87. The van der Waals surface area contributed by atoms with Crippen molar-refractivity contribution in [2.45, 2.75) is 6.92 Å². The van der Waals surface area contributed by atoms with Gasteiger partial charge in [-0.05, 0) is 16.4 Å². The van der Waals surface area contributed by atoms with Crippen molar-refractivity contribution < 1.29 is 14.6 Å². The number of hydrogen-bond acceptors (Lipinski definition) is 3. The van der Waals surface area contributed by atoms with E-state index in [1.54, 1.807) is 16.1 Å². The number of thiazole rings is 1. The number of aromatic nitrogens is 1. The number of nitrogens with zero attached hydrogens (tertiary/aromatic N) is 1. The average molecular weight is 258 g/mol. The zero-order valence-corrected chi connectivity index (χ0v) is 10.7. The van der Waals surface area contributed by atoms with Crippen molar-refractivity contribution in [1.29, 1.82) is 0 Å². The van der Waals surface area contributed by atoms with Gasteiger partial charge in [0.15, 0.2) is 0 Å². The molecule has 2 aromatic carbocycles. The maximum Gasteiger partial charge on any atom is 0.291 e. The van der Waals surface area contributed by atoms with Crippen LogP contribution in [0.5, 0.6) is 0 Å². The molecular weight excluding hydrogens is 246 g/mol. The first-order chi connectivity index (χ1) is 8.81. The molecule has 3 rings (SSSR count). The molecule has 0 aliphatic carbocycles. The zero-order valence-electron chi connectivity index (χ0n) is 9.92. The fourth-order valence-electron chi connectivity index (χ4n) is 2.02. The van der Waals surface area contributed by atoms with E-state index in [1.807, 2.05) is 25.1 Å². The van der Waals surface area contributed by atoms with Crippen molar-refractivity contribution in [2.24, 2.45) is 0 Å². The highest BCUT2D eigenvalue weighted by Crippen LogP contribution is 2.28. The highest BCUT2D eigenvalue weighted by Gasteiger charge is 2.22. The van der Waals surface area contributed by atoms with Crippen molar-refractivity contribution >= 4 is 32.3 Å². The Morgan fingerprint density at radius 1 is 1.22 bits per heavy atom. The Labute approximate surface area is 108 Å². The van der Waals surface area contributed by atoms with Crippen LogP contribution in [-0.2, 0) is 4.89 Å². The summed E-state index contributed by atoms with van der Waals surface area (Å²) in [7, 11) is 0. The van der Waals surface area contributed by atoms with Gasteiger partial charge in [0.1, 0.15) is 11.0 Å². The average Bonchev–Trinajstić information content (AvgIpc) is 2.72. The van der Waals surface area contributed by atoms with E-state index in [0.29, 0.717) is 0 Å². The maximum atomic E-state index is 5.20. The van der Waals surface area contributed by atoms with Crippen LogP contribution in [0.1, 0.15) is 5.01 Å². The highest BCUT2D eigenvalue weighted by atomic mass is 32.1. The van der Waals surface area contributed by atoms with E-state index in [2.05, 4.69) is 24.8 Å². The Morgan fingerprint density at radius 2 is 2.06 bits per heavy atom. The van der Waals surface area contributed by atoms with Crippen LogP contribution >= 0.6 is 11.3 Å². The second kappa shape index (κ2) is 4.31. The minimum Gasteiger partial charge on any atom is -0.243 e. The van der Waals surface area contributed by atoms with Gasteiger partial charge in [-0.3, -0.25) is 0 Å². The SMILES string of the molecule is C=COO[n+]1c(C)sc2c3ccccc3ccc21. The molecule has 0 fully saturated rings. The van der Waals surface area contributed by atoms with Crippen LogP contribution in [0.2, 0.25) is 0 Å². The lowest BCUT2D eigenvalue weighted by molar-refractivity contribution is -0.937. The molecule has 0 spiro atoms. The molecule has 0 atom stereocenters. The van der Waals surface area contributed by atoms with Crippen molar-refractivity contribution in [3.8, 4) is 0 Å². The fourth-order valence-corrected chi connectivity index (χ4v) is 3.08. The topological polar surface area (TPSA) is 22.3 Å². The molecule has 3 nitrogen and oxygen atoms in total. The van der Waals surface area contributed by atoms with Crippen LogP contribution in [0.15, 0.2) is 49.2 Å². The Hall–Kier alpha value is -2.07.